The highest BCUT2D eigenvalue weighted by Crippen LogP contribution is 2.59. The molecule has 6 nitrogen and oxygen atoms in total. The van der Waals surface area contributed by atoms with Crippen molar-refractivity contribution in [2.24, 2.45) is 33.8 Å². The van der Waals surface area contributed by atoms with E-state index in [9.17, 15) is 19.9 Å². The third-order valence-corrected chi connectivity index (χ3v) is 10.7. The van der Waals surface area contributed by atoms with Crippen molar-refractivity contribution in [1.82, 2.24) is 0 Å². The Morgan fingerprint density at radius 3 is 2.43 bits per heavy atom. The number of aliphatic hydroxyl groups is 2. The van der Waals surface area contributed by atoms with E-state index in [4.69, 9.17) is 4.74 Å². The van der Waals surface area contributed by atoms with Gasteiger partial charge < -0.3 is 14.9 Å². The molecule has 42 heavy (non-hydrogen) atoms. The first-order valence-corrected chi connectivity index (χ1v) is 16.7. The van der Waals surface area contributed by atoms with E-state index < -0.39 is 23.7 Å². The van der Waals surface area contributed by atoms with E-state index in [1.807, 2.05) is 6.08 Å². The van der Waals surface area contributed by atoms with Crippen molar-refractivity contribution in [2.45, 2.75) is 136 Å². The van der Waals surface area contributed by atoms with Crippen molar-refractivity contribution in [1.29, 1.82) is 0 Å². The van der Waals surface area contributed by atoms with Crippen LogP contribution < -0.4 is 0 Å². The van der Waals surface area contributed by atoms with Gasteiger partial charge in [0, 0.05) is 0 Å². The van der Waals surface area contributed by atoms with Gasteiger partial charge in [0.2, 0.25) is 0 Å². The van der Waals surface area contributed by atoms with Crippen LogP contribution in [0.2, 0.25) is 0 Å². The molecule has 0 aliphatic heterocycles. The van der Waals surface area contributed by atoms with Gasteiger partial charge in [-0.25, -0.2) is 0 Å². The highest BCUT2D eigenvalue weighted by Gasteiger charge is 2.56. The highest BCUT2D eigenvalue weighted by atomic mass is 16.5. The Labute approximate surface area is 254 Å². The molecule has 4 saturated carbocycles. The first kappa shape index (κ1) is 34.4. The summed E-state index contributed by atoms with van der Waals surface area (Å²) in [4.78, 5) is 23.8. The SMILES string of the molecule is C=C1C(O)C/C(=C\C=C2/CCCC3(C)[C@@H]([C@H](C)/C=C/C(O)C4(C(=O)OCCCC)CC4)CC[C@@H]23)C[C@H]1N=O.CCCC. The van der Waals surface area contributed by atoms with E-state index in [1.165, 1.54) is 24.8 Å². The lowest BCUT2D eigenvalue weighted by atomic mass is 9.61. The number of unbranched alkanes of at least 4 members (excludes halogenated alkanes) is 2. The molecule has 0 aromatic carbocycles. The summed E-state index contributed by atoms with van der Waals surface area (Å²) in [5.41, 5.74) is 2.53. The Hall–Kier alpha value is -2.05. The van der Waals surface area contributed by atoms with Crippen LogP contribution in [-0.2, 0) is 9.53 Å². The fraction of sp³-hybridized carbons (Fsp3) is 0.750. The summed E-state index contributed by atoms with van der Waals surface area (Å²) in [6.07, 6.45) is 19.6. The molecule has 0 radical (unpaired) electrons. The number of hydrogen-bond donors (Lipinski definition) is 2. The predicted octanol–water partition coefficient (Wildman–Crippen LogP) is 8.38. The molecule has 236 valence electrons. The summed E-state index contributed by atoms with van der Waals surface area (Å²) >= 11 is 0. The summed E-state index contributed by atoms with van der Waals surface area (Å²) < 4.78 is 5.44. The van der Waals surface area contributed by atoms with Crippen molar-refractivity contribution < 1.29 is 19.7 Å². The molecule has 4 aliphatic carbocycles. The number of rotatable bonds is 11. The van der Waals surface area contributed by atoms with Gasteiger partial charge in [-0.1, -0.05) is 101 Å². The first-order chi connectivity index (χ1) is 20.1. The van der Waals surface area contributed by atoms with E-state index in [-0.39, 0.29) is 11.4 Å². The van der Waals surface area contributed by atoms with Crippen molar-refractivity contribution in [3.8, 4) is 0 Å². The third-order valence-electron chi connectivity index (χ3n) is 10.7. The van der Waals surface area contributed by atoms with Crippen LogP contribution in [0.25, 0.3) is 0 Å². The molecule has 0 aromatic heterocycles. The number of nitrogens with zero attached hydrogens (tertiary/aromatic N) is 1. The normalized spacial score (nSPS) is 33.5. The number of ether oxygens (including phenoxy) is 1. The maximum atomic E-state index is 12.6. The molecule has 0 aromatic rings. The largest absolute Gasteiger partial charge is 0.465 e. The van der Waals surface area contributed by atoms with Crippen molar-refractivity contribution in [3.05, 3.63) is 52.5 Å². The second-order valence-corrected chi connectivity index (χ2v) is 13.6. The van der Waals surface area contributed by atoms with Gasteiger partial charge in [0.05, 0.1) is 24.2 Å². The topological polar surface area (TPSA) is 96.2 Å². The molecule has 0 saturated heterocycles. The number of carbonyl (C=O) groups excluding carboxylic acids is 1. The second-order valence-electron chi connectivity index (χ2n) is 13.6. The fourth-order valence-electron chi connectivity index (χ4n) is 7.48. The van der Waals surface area contributed by atoms with Gasteiger partial charge in [0.25, 0.3) is 0 Å². The van der Waals surface area contributed by atoms with Gasteiger partial charge in [0.1, 0.15) is 6.04 Å². The van der Waals surface area contributed by atoms with Crippen LogP contribution in [0.5, 0.6) is 0 Å². The second kappa shape index (κ2) is 15.6. The van der Waals surface area contributed by atoms with Crippen molar-refractivity contribution >= 4 is 5.97 Å². The fourth-order valence-corrected chi connectivity index (χ4v) is 7.48. The minimum Gasteiger partial charge on any atom is -0.465 e. The van der Waals surface area contributed by atoms with Gasteiger partial charge in [-0.3, -0.25) is 4.79 Å². The highest BCUT2D eigenvalue weighted by molar-refractivity contribution is 5.81. The van der Waals surface area contributed by atoms with Crippen LogP contribution in [0, 0.1) is 33.5 Å². The van der Waals surface area contributed by atoms with Gasteiger partial charge in [-0.05, 0) is 93.0 Å². The number of esters is 1. The number of carbonyl (C=O) groups is 1. The third kappa shape index (κ3) is 7.91. The number of nitroso groups, excluding NO2 is 1. The summed E-state index contributed by atoms with van der Waals surface area (Å²) in [6.45, 7) is 15.4. The molecule has 0 spiro atoms. The summed E-state index contributed by atoms with van der Waals surface area (Å²) in [7, 11) is 0. The van der Waals surface area contributed by atoms with Gasteiger partial charge in [0.15, 0.2) is 0 Å². The summed E-state index contributed by atoms with van der Waals surface area (Å²) in [5.74, 6) is 1.10. The molecule has 0 heterocycles. The monoisotopic (exact) mass is 583 g/mol. The molecular formula is C36H57NO5. The lowest BCUT2D eigenvalue weighted by Gasteiger charge is -2.44. The molecule has 4 fully saturated rings. The zero-order valence-electron chi connectivity index (χ0n) is 26.9. The minimum atomic E-state index is -0.788. The van der Waals surface area contributed by atoms with Crippen LogP contribution in [0.1, 0.15) is 118 Å². The quantitative estimate of drug-likeness (QED) is 0.110. The lowest BCUT2D eigenvalue weighted by Crippen LogP contribution is -2.36. The number of aliphatic hydroxyl groups excluding tert-OH is 2. The first-order valence-electron chi connectivity index (χ1n) is 16.7. The molecule has 7 atom stereocenters. The standard InChI is InChI=1S/C32H47NO5.C4H10/c1-5-6-18-38-30(36)32(16-17-32)29(35)14-9-21(2)25-12-13-26-24(8-7-15-31(25,26)4)11-10-23-19-27(33-37)22(3)28(34)20-23;1-3-4-2/h9-11,14,21,25-29,34-35H,3,5-8,12-13,15-20H2,1-2,4H3;3-4H2,1-2H3/b14-9+,23-10-,24-11+;/t21-,25-,26+,27-,28?,29?,31?;/m1./s1. The Bertz CT molecular complexity index is 1020. The van der Waals surface area contributed by atoms with E-state index in [0.29, 0.717) is 55.6 Å². The minimum absolute atomic E-state index is 0.195. The molecular weight excluding hydrogens is 526 g/mol. The van der Waals surface area contributed by atoms with E-state index >= 15 is 0 Å². The molecule has 0 amide bonds. The molecule has 4 aliphatic rings. The number of hydrogen-bond acceptors (Lipinski definition) is 6. The number of allylic oxidation sites excluding steroid dienone is 4. The Balaban J connectivity index is 0.00000114. The van der Waals surface area contributed by atoms with Crippen LogP contribution in [0.4, 0.5) is 0 Å². The van der Waals surface area contributed by atoms with Crippen molar-refractivity contribution in [2.75, 3.05) is 6.61 Å². The average molecular weight is 584 g/mol. The summed E-state index contributed by atoms with van der Waals surface area (Å²) in [5, 5.41) is 24.4. The van der Waals surface area contributed by atoms with Gasteiger partial charge >= 0.3 is 5.97 Å². The zero-order valence-corrected chi connectivity index (χ0v) is 26.9. The van der Waals surface area contributed by atoms with Crippen LogP contribution >= 0.6 is 0 Å². The number of fused-ring (bicyclic) bond motifs is 1. The van der Waals surface area contributed by atoms with Crippen LogP contribution in [0.3, 0.4) is 0 Å². The molecule has 6 heteroatoms. The molecule has 4 rings (SSSR count). The Morgan fingerprint density at radius 2 is 1.81 bits per heavy atom. The van der Waals surface area contributed by atoms with E-state index in [2.05, 4.69) is 64.6 Å². The maximum absolute atomic E-state index is 12.6. The van der Waals surface area contributed by atoms with E-state index in [1.54, 1.807) is 0 Å². The zero-order chi connectivity index (χ0) is 30.9. The van der Waals surface area contributed by atoms with Crippen molar-refractivity contribution in [3.63, 3.8) is 0 Å². The molecule has 0 bridgehead atoms. The van der Waals surface area contributed by atoms with Gasteiger partial charge in [-0.15, -0.1) is 0 Å². The summed E-state index contributed by atoms with van der Waals surface area (Å²) in [6, 6.07) is -0.535. The Kier molecular flexibility index (Phi) is 12.8. The average Bonchev–Trinajstić information content (AvgIpc) is 3.72. The van der Waals surface area contributed by atoms with Crippen LogP contribution in [-0.4, -0.2) is 41.0 Å². The van der Waals surface area contributed by atoms with Crippen LogP contribution in [0.15, 0.2) is 52.8 Å². The Morgan fingerprint density at radius 1 is 1.10 bits per heavy atom. The molecule has 3 unspecified atom stereocenters. The predicted molar refractivity (Wildman–Crippen MR) is 171 cm³/mol. The lowest BCUT2D eigenvalue weighted by molar-refractivity contribution is -0.153. The molecule has 2 N–H and O–H groups in total. The smallest absolute Gasteiger partial charge is 0.315 e. The maximum Gasteiger partial charge on any atom is 0.315 e. The van der Waals surface area contributed by atoms with E-state index in [0.717, 1.165) is 44.1 Å². The van der Waals surface area contributed by atoms with Gasteiger partial charge in [-0.2, -0.15) is 4.91 Å².